The van der Waals surface area contributed by atoms with Crippen molar-refractivity contribution in [1.82, 2.24) is 5.32 Å². The molecule has 0 aliphatic carbocycles. The molecule has 0 aromatic heterocycles. The van der Waals surface area contributed by atoms with Gasteiger partial charge in [-0.2, -0.15) is 0 Å². The zero-order valence-corrected chi connectivity index (χ0v) is 6.95. The van der Waals surface area contributed by atoms with E-state index in [1.54, 1.807) is 0 Å². The maximum atomic E-state index is 8.91. The molecule has 10 heavy (non-hydrogen) atoms. The Balaban J connectivity index is 0.000000810. The highest BCUT2D eigenvalue weighted by Gasteiger charge is 2.09. The van der Waals surface area contributed by atoms with E-state index in [2.05, 4.69) is 10.3 Å². The van der Waals surface area contributed by atoms with Crippen LogP contribution in [-0.4, -0.2) is 36.0 Å². The molecule has 0 radical (unpaired) electrons. The summed E-state index contributed by atoms with van der Waals surface area (Å²) in [6, 6.07) is 0. The SMILES string of the molecule is Cl.OC1CN=C(CCl)NC1. The average molecular weight is 185 g/mol. The van der Waals surface area contributed by atoms with Crippen molar-refractivity contribution >= 4 is 29.8 Å². The number of β-amino-alcohol motifs (C(OH)–C–C–N with tert-alkyl or cyclic N) is 1. The maximum absolute atomic E-state index is 8.91. The van der Waals surface area contributed by atoms with Gasteiger partial charge in [-0.25, -0.2) is 0 Å². The van der Waals surface area contributed by atoms with Crippen LogP contribution in [0.2, 0.25) is 0 Å². The summed E-state index contributed by atoms with van der Waals surface area (Å²) in [6.45, 7) is 1.06. The van der Waals surface area contributed by atoms with Crippen molar-refractivity contribution in [3.63, 3.8) is 0 Å². The first-order valence-corrected chi connectivity index (χ1v) is 3.37. The first kappa shape index (κ1) is 10.0. The molecule has 1 rings (SSSR count). The van der Waals surface area contributed by atoms with Crippen LogP contribution in [0.15, 0.2) is 4.99 Å². The average Bonchev–Trinajstić information content (AvgIpc) is 1.90. The number of hydrogen-bond donors (Lipinski definition) is 2. The molecule has 0 saturated heterocycles. The monoisotopic (exact) mass is 184 g/mol. The fourth-order valence-electron chi connectivity index (χ4n) is 0.661. The molecular formula is C5H10Cl2N2O. The molecule has 0 aromatic rings. The summed E-state index contributed by atoms with van der Waals surface area (Å²) < 4.78 is 0. The molecule has 3 nitrogen and oxygen atoms in total. The lowest BCUT2D eigenvalue weighted by Gasteiger charge is -2.16. The van der Waals surface area contributed by atoms with E-state index in [0.717, 1.165) is 5.84 Å². The normalized spacial score (nSPS) is 24.2. The molecule has 1 aliphatic rings. The Kier molecular flexibility index (Phi) is 4.77. The van der Waals surface area contributed by atoms with Gasteiger partial charge in [0.15, 0.2) is 0 Å². The maximum Gasteiger partial charge on any atom is 0.111 e. The Labute approximate surface area is 70.9 Å². The van der Waals surface area contributed by atoms with Gasteiger partial charge in [-0.15, -0.1) is 24.0 Å². The van der Waals surface area contributed by atoms with Gasteiger partial charge >= 0.3 is 0 Å². The van der Waals surface area contributed by atoms with Crippen LogP contribution in [0, 0.1) is 0 Å². The van der Waals surface area contributed by atoms with Gasteiger partial charge in [-0.3, -0.25) is 4.99 Å². The van der Waals surface area contributed by atoms with Crippen LogP contribution in [0.1, 0.15) is 0 Å². The lowest BCUT2D eigenvalue weighted by Crippen LogP contribution is -2.39. The van der Waals surface area contributed by atoms with Gasteiger partial charge in [0.1, 0.15) is 5.84 Å². The number of nitrogens with zero attached hydrogens (tertiary/aromatic N) is 1. The predicted molar refractivity (Wildman–Crippen MR) is 44.3 cm³/mol. The molecule has 0 spiro atoms. The minimum absolute atomic E-state index is 0. The molecule has 1 atom stereocenters. The number of amidine groups is 1. The van der Waals surface area contributed by atoms with Gasteiger partial charge in [0.05, 0.1) is 18.5 Å². The minimum Gasteiger partial charge on any atom is -0.389 e. The molecule has 0 aromatic carbocycles. The molecule has 1 unspecified atom stereocenters. The summed E-state index contributed by atoms with van der Waals surface area (Å²) in [4.78, 5) is 3.95. The van der Waals surface area contributed by atoms with Crippen LogP contribution in [0.3, 0.4) is 0 Å². The highest BCUT2D eigenvalue weighted by Crippen LogP contribution is 1.92. The van der Waals surface area contributed by atoms with Crippen molar-refractivity contribution in [3.05, 3.63) is 0 Å². The number of rotatable bonds is 1. The molecule has 0 bridgehead atoms. The summed E-state index contributed by atoms with van der Waals surface area (Å²) in [5, 5.41) is 11.8. The Morgan fingerprint density at radius 2 is 2.50 bits per heavy atom. The van der Waals surface area contributed by atoms with Gasteiger partial charge in [0.2, 0.25) is 0 Å². The lowest BCUT2D eigenvalue weighted by atomic mass is 10.3. The number of hydrogen-bond acceptors (Lipinski definition) is 3. The van der Waals surface area contributed by atoms with E-state index in [1.807, 2.05) is 0 Å². The standard InChI is InChI=1S/C5H9ClN2O.ClH/c6-1-5-7-2-4(9)3-8-5;/h4,9H,1-3H2,(H,7,8);1H. The Hall–Kier alpha value is 0.01000. The molecule has 0 saturated carbocycles. The van der Waals surface area contributed by atoms with Crippen molar-refractivity contribution in [1.29, 1.82) is 0 Å². The molecule has 1 heterocycles. The number of nitrogens with one attached hydrogen (secondary N) is 1. The Morgan fingerprint density at radius 1 is 1.80 bits per heavy atom. The summed E-state index contributed by atoms with van der Waals surface area (Å²) in [7, 11) is 0. The second-order valence-electron chi connectivity index (χ2n) is 1.96. The Bertz CT molecular complexity index is 129. The molecule has 1 aliphatic heterocycles. The fraction of sp³-hybridized carbons (Fsp3) is 0.800. The second kappa shape index (κ2) is 4.77. The number of alkyl halides is 1. The quantitative estimate of drug-likeness (QED) is 0.565. The topological polar surface area (TPSA) is 44.6 Å². The predicted octanol–water partition coefficient (Wildman–Crippen LogP) is 0.00960. The smallest absolute Gasteiger partial charge is 0.111 e. The highest BCUT2D eigenvalue weighted by molar-refractivity contribution is 6.28. The van der Waals surface area contributed by atoms with Crippen LogP contribution < -0.4 is 5.32 Å². The van der Waals surface area contributed by atoms with Crippen LogP contribution in [0.5, 0.6) is 0 Å². The van der Waals surface area contributed by atoms with E-state index < -0.39 is 0 Å². The third-order valence-corrected chi connectivity index (χ3v) is 1.41. The van der Waals surface area contributed by atoms with E-state index in [4.69, 9.17) is 16.7 Å². The first-order valence-electron chi connectivity index (χ1n) is 2.84. The van der Waals surface area contributed by atoms with Gasteiger partial charge in [-0.05, 0) is 0 Å². The molecule has 5 heteroatoms. The van der Waals surface area contributed by atoms with Gasteiger partial charge in [0, 0.05) is 6.54 Å². The van der Waals surface area contributed by atoms with E-state index in [1.165, 1.54) is 0 Å². The van der Waals surface area contributed by atoms with Crippen molar-refractivity contribution < 1.29 is 5.11 Å². The number of aliphatic hydroxyl groups excluding tert-OH is 1. The minimum atomic E-state index is -0.336. The zero-order valence-electron chi connectivity index (χ0n) is 5.38. The fourth-order valence-corrected chi connectivity index (χ4v) is 0.840. The van der Waals surface area contributed by atoms with Crippen molar-refractivity contribution in [2.75, 3.05) is 19.0 Å². The van der Waals surface area contributed by atoms with Crippen LogP contribution >= 0.6 is 24.0 Å². The van der Waals surface area contributed by atoms with Gasteiger partial charge in [0.25, 0.3) is 0 Å². The largest absolute Gasteiger partial charge is 0.389 e. The van der Waals surface area contributed by atoms with E-state index in [-0.39, 0.29) is 18.5 Å². The van der Waals surface area contributed by atoms with Crippen LogP contribution in [-0.2, 0) is 0 Å². The molecule has 0 fully saturated rings. The molecule has 60 valence electrons. The van der Waals surface area contributed by atoms with Crippen LogP contribution in [0.25, 0.3) is 0 Å². The van der Waals surface area contributed by atoms with Crippen LogP contribution in [0.4, 0.5) is 0 Å². The van der Waals surface area contributed by atoms with Crippen molar-refractivity contribution in [2.24, 2.45) is 4.99 Å². The van der Waals surface area contributed by atoms with Gasteiger partial charge < -0.3 is 10.4 Å². The number of aliphatic imine (C=N–C) groups is 1. The molecule has 0 amide bonds. The van der Waals surface area contributed by atoms with E-state index >= 15 is 0 Å². The van der Waals surface area contributed by atoms with E-state index in [9.17, 15) is 0 Å². The summed E-state index contributed by atoms with van der Waals surface area (Å²) in [5.41, 5.74) is 0. The van der Waals surface area contributed by atoms with E-state index in [0.29, 0.717) is 19.0 Å². The first-order chi connectivity index (χ1) is 4.33. The van der Waals surface area contributed by atoms with Gasteiger partial charge in [-0.1, -0.05) is 0 Å². The van der Waals surface area contributed by atoms with Crippen molar-refractivity contribution in [3.8, 4) is 0 Å². The summed E-state index contributed by atoms with van der Waals surface area (Å²) in [6.07, 6.45) is -0.336. The third kappa shape index (κ3) is 2.73. The summed E-state index contributed by atoms with van der Waals surface area (Å²) >= 11 is 5.45. The zero-order chi connectivity index (χ0) is 6.69. The lowest BCUT2D eigenvalue weighted by molar-refractivity contribution is 0.181. The number of halogens is 2. The second-order valence-corrected chi connectivity index (χ2v) is 2.22. The Morgan fingerprint density at radius 3 is 2.90 bits per heavy atom. The molecule has 2 N–H and O–H groups in total. The van der Waals surface area contributed by atoms with Crippen molar-refractivity contribution in [2.45, 2.75) is 6.10 Å². The number of aliphatic hydroxyl groups is 1. The molecular weight excluding hydrogens is 175 g/mol. The summed E-state index contributed by atoms with van der Waals surface area (Å²) in [5.74, 6) is 1.19. The third-order valence-electron chi connectivity index (χ3n) is 1.16. The highest BCUT2D eigenvalue weighted by atomic mass is 35.5.